The molecule has 0 aromatic heterocycles. The summed E-state index contributed by atoms with van der Waals surface area (Å²) in [4.78, 5) is 2.64. The third-order valence-corrected chi connectivity index (χ3v) is 3.28. The molecule has 1 rings (SSSR count). The fourth-order valence-electron chi connectivity index (χ4n) is 2.29. The van der Waals surface area contributed by atoms with E-state index in [0.29, 0.717) is 0 Å². The SMILES string of the molecule is CCCCCN1CCC(CNC)CC1. The van der Waals surface area contributed by atoms with Crippen molar-refractivity contribution in [1.82, 2.24) is 10.2 Å². The maximum Gasteiger partial charge on any atom is -0.00156 e. The van der Waals surface area contributed by atoms with Crippen molar-refractivity contribution in [1.29, 1.82) is 0 Å². The van der Waals surface area contributed by atoms with E-state index in [9.17, 15) is 0 Å². The van der Waals surface area contributed by atoms with Gasteiger partial charge in [-0.25, -0.2) is 0 Å². The zero-order chi connectivity index (χ0) is 10.2. The Bertz CT molecular complexity index is 128. The highest BCUT2D eigenvalue weighted by Gasteiger charge is 2.17. The van der Waals surface area contributed by atoms with Crippen molar-refractivity contribution in [3.8, 4) is 0 Å². The molecule has 0 bridgehead atoms. The molecule has 0 aromatic carbocycles. The Morgan fingerprint density at radius 3 is 2.50 bits per heavy atom. The molecule has 0 atom stereocenters. The van der Waals surface area contributed by atoms with E-state index in [0.717, 1.165) is 5.92 Å². The largest absolute Gasteiger partial charge is 0.319 e. The highest BCUT2D eigenvalue weighted by molar-refractivity contribution is 4.73. The molecule has 2 heteroatoms. The molecule has 84 valence electrons. The second kappa shape index (κ2) is 7.24. The van der Waals surface area contributed by atoms with Gasteiger partial charge < -0.3 is 10.2 Å². The molecule has 0 saturated carbocycles. The topological polar surface area (TPSA) is 15.3 Å². The molecule has 1 aliphatic heterocycles. The fraction of sp³-hybridized carbons (Fsp3) is 1.00. The first-order chi connectivity index (χ1) is 6.86. The average Bonchev–Trinajstić information content (AvgIpc) is 2.21. The van der Waals surface area contributed by atoms with Crippen LogP contribution in [0.25, 0.3) is 0 Å². The van der Waals surface area contributed by atoms with Gasteiger partial charge in [0.1, 0.15) is 0 Å². The Hall–Kier alpha value is -0.0800. The lowest BCUT2D eigenvalue weighted by Gasteiger charge is -2.31. The van der Waals surface area contributed by atoms with Crippen molar-refractivity contribution in [2.45, 2.75) is 39.0 Å². The molecule has 1 aliphatic rings. The highest BCUT2D eigenvalue weighted by Crippen LogP contribution is 2.16. The molecule has 0 aromatic rings. The van der Waals surface area contributed by atoms with Crippen LogP contribution in [0.5, 0.6) is 0 Å². The second-order valence-corrected chi connectivity index (χ2v) is 4.55. The molecule has 1 fully saturated rings. The summed E-state index contributed by atoms with van der Waals surface area (Å²) in [5.41, 5.74) is 0. The van der Waals surface area contributed by atoms with Crippen LogP contribution >= 0.6 is 0 Å². The minimum atomic E-state index is 0.933. The number of likely N-dealkylation sites (tertiary alicyclic amines) is 1. The van der Waals surface area contributed by atoms with Gasteiger partial charge in [-0.15, -0.1) is 0 Å². The van der Waals surface area contributed by atoms with E-state index in [1.54, 1.807) is 0 Å². The zero-order valence-corrected chi connectivity index (χ0v) is 9.89. The number of unbranched alkanes of at least 4 members (excludes halogenated alkanes) is 2. The van der Waals surface area contributed by atoms with Gasteiger partial charge in [-0.1, -0.05) is 19.8 Å². The summed E-state index contributed by atoms with van der Waals surface area (Å²) >= 11 is 0. The van der Waals surface area contributed by atoms with Gasteiger partial charge in [0.2, 0.25) is 0 Å². The van der Waals surface area contributed by atoms with E-state index in [4.69, 9.17) is 0 Å². The number of hydrogen-bond donors (Lipinski definition) is 1. The average molecular weight is 198 g/mol. The van der Waals surface area contributed by atoms with E-state index in [-0.39, 0.29) is 0 Å². The number of nitrogens with one attached hydrogen (secondary N) is 1. The predicted octanol–water partition coefficient (Wildman–Crippen LogP) is 2.11. The quantitative estimate of drug-likeness (QED) is 0.658. The molecular weight excluding hydrogens is 172 g/mol. The second-order valence-electron chi connectivity index (χ2n) is 4.55. The van der Waals surface area contributed by atoms with Crippen LogP contribution in [0.4, 0.5) is 0 Å². The Morgan fingerprint density at radius 1 is 1.21 bits per heavy atom. The van der Waals surface area contributed by atoms with E-state index in [1.807, 2.05) is 0 Å². The van der Waals surface area contributed by atoms with Crippen molar-refractivity contribution in [3.05, 3.63) is 0 Å². The summed E-state index contributed by atoms with van der Waals surface area (Å²) in [5.74, 6) is 0.933. The molecule has 0 amide bonds. The number of piperidine rings is 1. The van der Waals surface area contributed by atoms with Crippen LogP contribution in [0.15, 0.2) is 0 Å². The van der Waals surface area contributed by atoms with E-state index < -0.39 is 0 Å². The number of rotatable bonds is 6. The smallest absolute Gasteiger partial charge is 0.00156 e. The van der Waals surface area contributed by atoms with Crippen LogP contribution in [0.1, 0.15) is 39.0 Å². The van der Waals surface area contributed by atoms with Crippen LogP contribution in [-0.4, -0.2) is 38.1 Å². The normalized spacial score (nSPS) is 20.1. The molecule has 0 spiro atoms. The van der Waals surface area contributed by atoms with Crippen LogP contribution in [-0.2, 0) is 0 Å². The molecule has 0 aliphatic carbocycles. The van der Waals surface area contributed by atoms with Gasteiger partial charge in [0.05, 0.1) is 0 Å². The van der Waals surface area contributed by atoms with Gasteiger partial charge in [0.15, 0.2) is 0 Å². The standard InChI is InChI=1S/C12H26N2/c1-3-4-5-8-14-9-6-12(7-10-14)11-13-2/h12-13H,3-11H2,1-2H3. The lowest BCUT2D eigenvalue weighted by Crippen LogP contribution is -2.37. The minimum absolute atomic E-state index is 0.933. The zero-order valence-electron chi connectivity index (χ0n) is 9.89. The number of nitrogens with zero attached hydrogens (tertiary/aromatic N) is 1. The highest BCUT2D eigenvalue weighted by atomic mass is 15.1. The summed E-state index contributed by atoms with van der Waals surface area (Å²) in [5, 5.41) is 3.29. The van der Waals surface area contributed by atoms with Gasteiger partial charge in [0, 0.05) is 0 Å². The Kier molecular flexibility index (Phi) is 6.20. The van der Waals surface area contributed by atoms with E-state index >= 15 is 0 Å². The van der Waals surface area contributed by atoms with Crippen molar-refractivity contribution < 1.29 is 0 Å². The van der Waals surface area contributed by atoms with Gasteiger partial charge in [-0.05, 0) is 58.4 Å². The Balaban J connectivity index is 2.03. The van der Waals surface area contributed by atoms with Crippen molar-refractivity contribution in [3.63, 3.8) is 0 Å². The number of hydrogen-bond acceptors (Lipinski definition) is 2. The summed E-state index contributed by atoms with van der Waals surface area (Å²) in [6.45, 7) is 7.48. The molecule has 1 saturated heterocycles. The molecule has 0 unspecified atom stereocenters. The van der Waals surface area contributed by atoms with Crippen LogP contribution in [0.3, 0.4) is 0 Å². The molecule has 2 nitrogen and oxygen atoms in total. The molecule has 0 radical (unpaired) electrons. The molecule has 14 heavy (non-hydrogen) atoms. The van der Waals surface area contributed by atoms with Crippen LogP contribution in [0.2, 0.25) is 0 Å². The van der Waals surface area contributed by atoms with E-state index in [1.165, 1.54) is 58.3 Å². The monoisotopic (exact) mass is 198 g/mol. The van der Waals surface area contributed by atoms with Gasteiger partial charge >= 0.3 is 0 Å². The van der Waals surface area contributed by atoms with Crippen molar-refractivity contribution in [2.75, 3.05) is 33.2 Å². The summed E-state index contributed by atoms with van der Waals surface area (Å²) in [6.07, 6.45) is 6.93. The maximum absolute atomic E-state index is 3.29. The molecule has 1 heterocycles. The molecular formula is C12H26N2. The van der Waals surface area contributed by atoms with Crippen molar-refractivity contribution >= 4 is 0 Å². The fourth-order valence-corrected chi connectivity index (χ4v) is 2.29. The maximum atomic E-state index is 3.29. The molecule has 1 N–H and O–H groups in total. The Labute approximate surface area is 89.1 Å². The lowest BCUT2D eigenvalue weighted by molar-refractivity contribution is 0.181. The third-order valence-electron chi connectivity index (χ3n) is 3.28. The first-order valence-corrected chi connectivity index (χ1v) is 6.23. The minimum Gasteiger partial charge on any atom is -0.319 e. The van der Waals surface area contributed by atoms with Crippen molar-refractivity contribution in [2.24, 2.45) is 5.92 Å². The van der Waals surface area contributed by atoms with Gasteiger partial charge in [-0.2, -0.15) is 0 Å². The third kappa shape index (κ3) is 4.43. The van der Waals surface area contributed by atoms with Gasteiger partial charge in [-0.3, -0.25) is 0 Å². The van der Waals surface area contributed by atoms with Gasteiger partial charge in [0.25, 0.3) is 0 Å². The Morgan fingerprint density at radius 2 is 1.93 bits per heavy atom. The summed E-state index contributed by atoms with van der Waals surface area (Å²) in [7, 11) is 2.06. The first kappa shape index (κ1) is 12.0. The van der Waals surface area contributed by atoms with Crippen LogP contribution < -0.4 is 5.32 Å². The predicted molar refractivity (Wildman–Crippen MR) is 62.6 cm³/mol. The lowest BCUT2D eigenvalue weighted by atomic mass is 9.97. The van der Waals surface area contributed by atoms with Crippen LogP contribution in [0, 0.1) is 5.92 Å². The summed E-state index contributed by atoms with van der Waals surface area (Å²) < 4.78 is 0. The summed E-state index contributed by atoms with van der Waals surface area (Å²) in [6, 6.07) is 0. The first-order valence-electron chi connectivity index (χ1n) is 6.23. The van der Waals surface area contributed by atoms with E-state index in [2.05, 4.69) is 24.2 Å².